The van der Waals surface area contributed by atoms with Crippen LogP contribution in [0, 0.1) is 5.92 Å². The van der Waals surface area contributed by atoms with E-state index in [0.29, 0.717) is 12.1 Å². The first kappa shape index (κ1) is 15.2. The topological polar surface area (TPSA) is 48.1 Å². The summed E-state index contributed by atoms with van der Waals surface area (Å²) in [5.41, 5.74) is 5.23. The Hall–Kier alpha value is -2.07. The summed E-state index contributed by atoms with van der Waals surface area (Å²) in [5.74, 6) is 0.157. The maximum absolute atomic E-state index is 12.8. The van der Waals surface area contributed by atoms with Gasteiger partial charge in [0, 0.05) is 35.7 Å². The smallest absolute Gasteiger partial charge is 0.228 e. The molecule has 0 radical (unpaired) electrons. The van der Waals surface area contributed by atoms with E-state index in [1.54, 1.807) is 0 Å². The predicted octanol–water partition coefficient (Wildman–Crippen LogP) is 3.10. The van der Waals surface area contributed by atoms with E-state index < -0.39 is 0 Å². The Bertz CT molecular complexity index is 859. The number of aromatic amines is 1. The first-order valence-corrected chi connectivity index (χ1v) is 9.52. The largest absolute Gasteiger partial charge is 0.361 e. The minimum atomic E-state index is -0.0485. The van der Waals surface area contributed by atoms with E-state index in [0.717, 1.165) is 25.8 Å². The van der Waals surface area contributed by atoms with Crippen molar-refractivity contribution in [1.82, 2.24) is 15.2 Å². The van der Waals surface area contributed by atoms with Gasteiger partial charge >= 0.3 is 0 Å². The number of carbonyl (C=O) groups excluding carboxylic acids is 1. The lowest BCUT2D eigenvalue weighted by Crippen LogP contribution is -2.47. The maximum Gasteiger partial charge on any atom is 0.228 e. The molecule has 130 valence electrons. The Balaban J connectivity index is 1.51. The third-order valence-electron chi connectivity index (χ3n) is 6.31. The van der Waals surface area contributed by atoms with Gasteiger partial charge in [0.1, 0.15) is 0 Å². The lowest BCUT2D eigenvalue weighted by atomic mass is 9.80. The molecule has 5 rings (SSSR count). The van der Waals surface area contributed by atoms with E-state index in [1.807, 2.05) is 0 Å². The molecule has 0 saturated heterocycles. The number of hydrogen-bond donors (Lipinski definition) is 2. The van der Waals surface area contributed by atoms with Gasteiger partial charge < -0.3 is 10.3 Å². The van der Waals surface area contributed by atoms with Crippen LogP contribution in [0.4, 0.5) is 0 Å². The monoisotopic (exact) mass is 335 g/mol. The van der Waals surface area contributed by atoms with Crippen molar-refractivity contribution in [2.75, 3.05) is 13.6 Å². The predicted molar refractivity (Wildman–Crippen MR) is 100 cm³/mol. The Labute approximate surface area is 148 Å². The molecule has 2 heterocycles. The van der Waals surface area contributed by atoms with Crippen LogP contribution in [-0.4, -0.2) is 41.5 Å². The summed E-state index contributed by atoms with van der Waals surface area (Å²) in [5, 5.41) is 4.63. The number of benzene rings is 1. The van der Waals surface area contributed by atoms with Gasteiger partial charge in [0.25, 0.3) is 0 Å². The summed E-state index contributed by atoms with van der Waals surface area (Å²) >= 11 is 0. The first-order valence-electron chi connectivity index (χ1n) is 9.52. The molecule has 0 unspecified atom stereocenters. The maximum atomic E-state index is 12.8. The normalized spacial score (nSPS) is 26.5. The Morgan fingerprint density at radius 1 is 1.28 bits per heavy atom. The van der Waals surface area contributed by atoms with Crippen LogP contribution in [-0.2, 0) is 11.2 Å². The second-order valence-corrected chi connectivity index (χ2v) is 7.92. The van der Waals surface area contributed by atoms with Gasteiger partial charge in [0.15, 0.2) is 0 Å². The molecule has 1 aliphatic heterocycles. The molecule has 1 amide bonds. The SMILES string of the molecule is CN1C[C@H](C(=O)NC2CCCC2)C=C2c3cccc4[nH]cc(c34)C[C@H]21. The number of nitrogens with one attached hydrogen (secondary N) is 2. The van der Waals surface area contributed by atoms with Crippen LogP contribution >= 0.6 is 0 Å². The van der Waals surface area contributed by atoms with Gasteiger partial charge in [-0.2, -0.15) is 0 Å². The van der Waals surface area contributed by atoms with Gasteiger partial charge in [-0.3, -0.25) is 9.69 Å². The van der Waals surface area contributed by atoms with E-state index in [4.69, 9.17) is 0 Å². The fourth-order valence-corrected chi connectivity index (χ4v) is 4.99. The van der Waals surface area contributed by atoms with Crippen molar-refractivity contribution < 1.29 is 4.79 Å². The Morgan fingerprint density at radius 2 is 2.12 bits per heavy atom. The van der Waals surface area contributed by atoms with Crippen molar-refractivity contribution in [2.45, 2.75) is 44.2 Å². The standard InChI is InChI=1S/C21H25N3O/c1-24-12-14(21(25)23-15-5-2-3-6-15)9-17-16-7-4-8-18-20(16)13(11-22-18)10-19(17)24/h4,7-9,11,14-15,19,22H,2-3,5-6,10,12H2,1H3,(H,23,25)/t14-,19-/m1/s1. The molecule has 2 aliphatic carbocycles. The van der Waals surface area contributed by atoms with E-state index in [9.17, 15) is 4.79 Å². The number of fused-ring (bicyclic) bond motifs is 2. The molecule has 4 nitrogen and oxygen atoms in total. The number of nitrogens with zero attached hydrogens (tertiary/aromatic N) is 1. The highest BCUT2D eigenvalue weighted by Crippen LogP contribution is 2.40. The molecule has 2 aromatic rings. The summed E-state index contributed by atoms with van der Waals surface area (Å²) in [6, 6.07) is 7.23. The van der Waals surface area contributed by atoms with Crippen LogP contribution in [0.3, 0.4) is 0 Å². The van der Waals surface area contributed by atoms with E-state index in [1.165, 1.54) is 40.4 Å². The molecule has 1 aromatic carbocycles. The van der Waals surface area contributed by atoms with E-state index >= 15 is 0 Å². The van der Waals surface area contributed by atoms with E-state index in [-0.39, 0.29) is 11.8 Å². The summed E-state index contributed by atoms with van der Waals surface area (Å²) in [6.07, 6.45) is 10.2. The molecule has 1 aromatic heterocycles. The molecule has 25 heavy (non-hydrogen) atoms. The van der Waals surface area contributed by atoms with Gasteiger partial charge in [-0.15, -0.1) is 0 Å². The molecule has 1 saturated carbocycles. The van der Waals surface area contributed by atoms with Crippen LogP contribution in [0.2, 0.25) is 0 Å². The Kier molecular flexibility index (Phi) is 3.49. The van der Waals surface area contributed by atoms with Gasteiger partial charge in [-0.25, -0.2) is 0 Å². The van der Waals surface area contributed by atoms with Crippen molar-refractivity contribution in [1.29, 1.82) is 0 Å². The van der Waals surface area contributed by atoms with Crippen molar-refractivity contribution in [3.8, 4) is 0 Å². The lowest BCUT2D eigenvalue weighted by Gasteiger charge is -2.39. The molecule has 3 aliphatic rings. The molecular weight excluding hydrogens is 310 g/mol. The average Bonchev–Trinajstić information content (AvgIpc) is 3.27. The van der Waals surface area contributed by atoms with Crippen molar-refractivity contribution in [2.24, 2.45) is 5.92 Å². The highest BCUT2D eigenvalue weighted by molar-refractivity contribution is 5.99. The highest BCUT2D eigenvalue weighted by atomic mass is 16.2. The molecular formula is C21H25N3O. The van der Waals surface area contributed by atoms with Crippen LogP contribution in [0.25, 0.3) is 16.5 Å². The second-order valence-electron chi connectivity index (χ2n) is 7.92. The van der Waals surface area contributed by atoms with Crippen molar-refractivity contribution >= 4 is 22.4 Å². The molecule has 4 heteroatoms. The number of amides is 1. The van der Waals surface area contributed by atoms with Crippen molar-refractivity contribution in [3.05, 3.63) is 41.6 Å². The fourth-order valence-electron chi connectivity index (χ4n) is 4.99. The zero-order chi connectivity index (χ0) is 17.0. The van der Waals surface area contributed by atoms with Gasteiger partial charge in [0.05, 0.1) is 5.92 Å². The average molecular weight is 335 g/mol. The highest BCUT2D eigenvalue weighted by Gasteiger charge is 2.36. The fraction of sp³-hybridized carbons (Fsp3) is 0.476. The molecule has 0 bridgehead atoms. The number of hydrogen-bond acceptors (Lipinski definition) is 2. The van der Waals surface area contributed by atoms with Crippen LogP contribution in [0.1, 0.15) is 36.8 Å². The second kappa shape index (κ2) is 5.73. The summed E-state index contributed by atoms with van der Waals surface area (Å²) in [4.78, 5) is 18.6. The number of carbonyl (C=O) groups is 1. The quantitative estimate of drug-likeness (QED) is 0.886. The lowest BCUT2D eigenvalue weighted by molar-refractivity contribution is -0.125. The number of rotatable bonds is 2. The van der Waals surface area contributed by atoms with Gasteiger partial charge in [-0.1, -0.05) is 31.1 Å². The van der Waals surface area contributed by atoms with Crippen LogP contribution in [0.15, 0.2) is 30.5 Å². The van der Waals surface area contributed by atoms with Gasteiger partial charge in [-0.05, 0) is 49.1 Å². The number of H-pyrrole nitrogens is 1. The van der Waals surface area contributed by atoms with E-state index in [2.05, 4.69) is 52.7 Å². The van der Waals surface area contributed by atoms with Crippen LogP contribution in [0.5, 0.6) is 0 Å². The number of aromatic nitrogens is 1. The Morgan fingerprint density at radius 3 is 2.96 bits per heavy atom. The minimum absolute atomic E-state index is 0.0485. The third-order valence-corrected chi connectivity index (χ3v) is 6.31. The van der Waals surface area contributed by atoms with Gasteiger partial charge in [0.2, 0.25) is 5.91 Å². The molecule has 2 atom stereocenters. The minimum Gasteiger partial charge on any atom is -0.361 e. The summed E-state index contributed by atoms with van der Waals surface area (Å²) in [7, 11) is 2.16. The zero-order valence-electron chi connectivity index (χ0n) is 14.7. The molecule has 0 spiro atoms. The number of likely N-dealkylation sites (N-methyl/N-ethyl adjacent to an activating group) is 1. The summed E-state index contributed by atoms with van der Waals surface area (Å²) in [6.45, 7) is 0.808. The first-order chi connectivity index (χ1) is 12.2. The van der Waals surface area contributed by atoms with Crippen LogP contribution < -0.4 is 5.32 Å². The molecule has 1 fully saturated rings. The summed E-state index contributed by atoms with van der Waals surface area (Å²) < 4.78 is 0. The molecule has 2 N–H and O–H groups in total. The third kappa shape index (κ3) is 2.43. The zero-order valence-corrected chi connectivity index (χ0v) is 14.7. The van der Waals surface area contributed by atoms with Crippen molar-refractivity contribution in [3.63, 3.8) is 0 Å².